The largest absolute Gasteiger partial charge is 0.321 e. The fraction of sp³-hybridized carbons (Fsp3) is 0.0833. The summed E-state index contributed by atoms with van der Waals surface area (Å²) in [5.41, 5.74) is 2.50. The highest BCUT2D eigenvalue weighted by atomic mass is 35.5. The molecule has 0 unspecified atom stereocenters. The van der Waals surface area contributed by atoms with E-state index >= 15 is 0 Å². The van der Waals surface area contributed by atoms with Gasteiger partial charge in [0, 0.05) is 16.6 Å². The van der Waals surface area contributed by atoms with E-state index in [1.54, 1.807) is 24.4 Å². The number of carbonyl (C=O) groups is 1. The van der Waals surface area contributed by atoms with E-state index in [0.29, 0.717) is 16.1 Å². The lowest BCUT2D eigenvalue weighted by molar-refractivity contribution is 0.102. The van der Waals surface area contributed by atoms with E-state index in [1.165, 1.54) is 22.8 Å². The average molecular weight is 429 g/mol. The second-order valence-electron chi connectivity index (χ2n) is 7.11. The predicted molar refractivity (Wildman–Crippen MR) is 120 cm³/mol. The van der Waals surface area contributed by atoms with Crippen LogP contribution in [0.3, 0.4) is 0 Å². The maximum atomic E-state index is 13.3. The fourth-order valence-electron chi connectivity index (χ4n) is 3.30. The maximum absolute atomic E-state index is 13.3. The molecule has 0 saturated carbocycles. The van der Waals surface area contributed by atoms with Crippen LogP contribution in [-0.4, -0.2) is 15.5 Å². The molecule has 2 aromatic carbocycles. The molecule has 2 aromatic heterocycles. The van der Waals surface area contributed by atoms with Crippen LogP contribution in [0.4, 0.5) is 5.69 Å². The third-order valence-electron chi connectivity index (χ3n) is 4.90. The Morgan fingerprint density at radius 2 is 1.94 bits per heavy atom. The second kappa shape index (κ2) is 8.42. The molecule has 4 aromatic rings. The number of rotatable bonds is 4. The lowest BCUT2D eigenvalue weighted by atomic mass is 10.1. The van der Waals surface area contributed by atoms with E-state index in [-0.39, 0.29) is 23.4 Å². The number of nitrogens with zero attached hydrogens (tertiary/aromatic N) is 3. The minimum atomic E-state index is -0.618. The van der Waals surface area contributed by atoms with Crippen molar-refractivity contribution < 1.29 is 4.79 Å². The molecule has 0 radical (unpaired) electrons. The molecular formula is C24H17ClN4O2. The number of hydrogen-bond donors (Lipinski definition) is 1. The number of carbonyl (C=O) groups excluding carboxylic acids is 1. The van der Waals surface area contributed by atoms with Gasteiger partial charge in [-0.2, -0.15) is 5.26 Å². The Labute approximate surface area is 183 Å². The van der Waals surface area contributed by atoms with E-state index in [4.69, 9.17) is 11.6 Å². The first kappa shape index (κ1) is 20.3. The number of nitriles is 1. The summed E-state index contributed by atoms with van der Waals surface area (Å²) in [4.78, 5) is 30.6. The monoisotopic (exact) mass is 428 g/mol. The van der Waals surface area contributed by atoms with Crippen LogP contribution in [0.5, 0.6) is 0 Å². The van der Waals surface area contributed by atoms with Gasteiger partial charge in [-0.15, -0.1) is 0 Å². The third kappa shape index (κ3) is 4.18. The smallest absolute Gasteiger partial charge is 0.265 e. The zero-order valence-corrected chi connectivity index (χ0v) is 17.3. The van der Waals surface area contributed by atoms with Gasteiger partial charge in [0.05, 0.1) is 17.8 Å². The molecule has 0 spiro atoms. The van der Waals surface area contributed by atoms with Gasteiger partial charge in [-0.1, -0.05) is 41.4 Å². The normalized spacial score (nSPS) is 10.6. The van der Waals surface area contributed by atoms with E-state index in [2.05, 4.69) is 10.3 Å². The van der Waals surface area contributed by atoms with Gasteiger partial charge in [0.2, 0.25) is 0 Å². The van der Waals surface area contributed by atoms with E-state index < -0.39 is 11.5 Å². The minimum absolute atomic E-state index is 0.0449. The Bertz CT molecular complexity index is 1400. The Kier molecular flexibility index (Phi) is 5.52. The summed E-state index contributed by atoms with van der Waals surface area (Å²) in [5.74, 6) is -0.618. The zero-order valence-electron chi connectivity index (χ0n) is 16.6. The lowest BCUT2D eigenvalue weighted by Gasteiger charge is -2.13. The number of halogens is 1. The highest BCUT2D eigenvalue weighted by molar-refractivity contribution is 6.31. The summed E-state index contributed by atoms with van der Waals surface area (Å²) < 4.78 is 1.48. The van der Waals surface area contributed by atoms with Gasteiger partial charge in [-0.25, -0.2) is 4.98 Å². The van der Waals surface area contributed by atoms with Crippen LogP contribution in [0.1, 0.15) is 27.0 Å². The maximum Gasteiger partial charge on any atom is 0.265 e. The molecule has 31 heavy (non-hydrogen) atoms. The summed E-state index contributed by atoms with van der Waals surface area (Å²) in [5, 5.41) is 13.0. The van der Waals surface area contributed by atoms with Crippen molar-refractivity contribution >= 4 is 34.2 Å². The number of nitrogens with one attached hydrogen (secondary N) is 1. The number of hydrogen-bond acceptors (Lipinski definition) is 4. The van der Waals surface area contributed by atoms with Crippen molar-refractivity contribution in [3.05, 3.63) is 104 Å². The molecule has 1 N–H and O–H groups in total. The molecule has 7 heteroatoms. The molecule has 0 fully saturated rings. The van der Waals surface area contributed by atoms with Crippen LogP contribution < -0.4 is 10.9 Å². The molecule has 0 aliphatic rings. The number of fused-ring (bicyclic) bond motifs is 1. The molecule has 0 bridgehead atoms. The van der Waals surface area contributed by atoms with Gasteiger partial charge in [-0.05, 0) is 48.9 Å². The van der Waals surface area contributed by atoms with Crippen molar-refractivity contribution in [2.45, 2.75) is 13.5 Å². The highest BCUT2D eigenvalue weighted by Gasteiger charge is 2.18. The van der Waals surface area contributed by atoms with Crippen LogP contribution in [0.25, 0.3) is 11.0 Å². The third-order valence-corrected chi connectivity index (χ3v) is 5.14. The quantitative estimate of drug-likeness (QED) is 0.517. The molecule has 6 nitrogen and oxygen atoms in total. The van der Waals surface area contributed by atoms with Crippen LogP contribution >= 0.6 is 11.6 Å². The summed E-state index contributed by atoms with van der Waals surface area (Å²) >= 11 is 6.00. The molecule has 4 rings (SSSR count). The fourth-order valence-corrected chi connectivity index (χ4v) is 3.47. The van der Waals surface area contributed by atoms with Gasteiger partial charge in [0.1, 0.15) is 17.3 Å². The van der Waals surface area contributed by atoms with Crippen molar-refractivity contribution in [2.75, 3.05) is 5.32 Å². The number of amides is 1. The SMILES string of the molecule is Cc1ccc(Cn2c(=O)c(C(=O)Nc3cc(Cl)ccc3C#N)cc3cccnc32)cc1. The Morgan fingerprint density at radius 1 is 1.16 bits per heavy atom. The van der Waals surface area contributed by atoms with E-state index in [1.807, 2.05) is 37.3 Å². The van der Waals surface area contributed by atoms with Gasteiger partial charge in [0.15, 0.2) is 0 Å². The van der Waals surface area contributed by atoms with E-state index in [0.717, 1.165) is 11.1 Å². The lowest BCUT2D eigenvalue weighted by Crippen LogP contribution is -2.30. The van der Waals surface area contributed by atoms with Crippen molar-refractivity contribution in [1.29, 1.82) is 5.26 Å². The molecule has 152 valence electrons. The standard InChI is InChI=1S/C24H17ClN4O2/c1-15-4-6-16(7-5-15)14-29-22-17(3-2-10-27-22)11-20(24(29)31)23(30)28-21-12-19(25)9-8-18(21)13-26/h2-12H,14H2,1H3,(H,28,30). The highest BCUT2D eigenvalue weighted by Crippen LogP contribution is 2.21. The Hall–Kier alpha value is -3.95. The minimum Gasteiger partial charge on any atom is -0.321 e. The average Bonchev–Trinajstić information content (AvgIpc) is 2.77. The Morgan fingerprint density at radius 3 is 2.68 bits per heavy atom. The van der Waals surface area contributed by atoms with Crippen LogP contribution in [0.2, 0.25) is 5.02 Å². The second-order valence-corrected chi connectivity index (χ2v) is 7.54. The zero-order chi connectivity index (χ0) is 22.0. The topological polar surface area (TPSA) is 87.8 Å². The summed E-state index contributed by atoms with van der Waals surface area (Å²) in [6.45, 7) is 2.26. The van der Waals surface area contributed by atoms with Crippen LogP contribution in [-0.2, 0) is 6.54 Å². The molecule has 1 amide bonds. The summed E-state index contributed by atoms with van der Waals surface area (Å²) in [6, 6.07) is 19.4. The molecule has 0 aliphatic carbocycles. The predicted octanol–water partition coefficient (Wildman–Crippen LogP) is 4.53. The number of pyridine rings is 2. The molecule has 0 aliphatic heterocycles. The first-order chi connectivity index (χ1) is 15.0. The van der Waals surface area contributed by atoms with Crippen LogP contribution in [0, 0.1) is 18.3 Å². The molecule has 0 saturated heterocycles. The molecule has 2 heterocycles. The van der Waals surface area contributed by atoms with Gasteiger partial charge in [0.25, 0.3) is 11.5 Å². The number of aryl methyl sites for hydroxylation is 1. The van der Waals surface area contributed by atoms with Gasteiger partial charge < -0.3 is 5.32 Å². The first-order valence-electron chi connectivity index (χ1n) is 9.51. The first-order valence-corrected chi connectivity index (χ1v) is 9.89. The Balaban J connectivity index is 1.80. The summed E-state index contributed by atoms with van der Waals surface area (Å²) in [7, 11) is 0. The van der Waals surface area contributed by atoms with Crippen molar-refractivity contribution in [3.8, 4) is 6.07 Å². The summed E-state index contributed by atoms with van der Waals surface area (Å²) in [6.07, 6.45) is 1.61. The van der Waals surface area contributed by atoms with E-state index in [9.17, 15) is 14.9 Å². The van der Waals surface area contributed by atoms with Gasteiger partial charge in [-0.3, -0.25) is 14.2 Å². The molecule has 0 atom stereocenters. The molecular weight excluding hydrogens is 412 g/mol. The van der Waals surface area contributed by atoms with Crippen LogP contribution in [0.15, 0.2) is 71.7 Å². The number of anilines is 1. The number of benzene rings is 2. The number of aromatic nitrogens is 2. The van der Waals surface area contributed by atoms with Crippen molar-refractivity contribution in [2.24, 2.45) is 0 Å². The van der Waals surface area contributed by atoms with Crippen molar-refractivity contribution in [3.63, 3.8) is 0 Å². The van der Waals surface area contributed by atoms with Gasteiger partial charge >= 0.3 is 0 Å². The van der Waals surface area contributed by atoms with Crippen molar-refractivity contribution in [1.82, 2.24) is 9.55 Å².